The van der Waals surface area contributed by atoms with Crippen LogP contribution in [0.4, 0.5) is 5.69 Å². The van der Waals surface area contributed by atoms with Crippen LogP contribution in [0.3, 0.4) is 0 Å². The molecule has 1 amide bonds. The average molecular weight is 530 g/mol. The van der Waals surface area contributed by atoms with Crippen molar-refractivity contribution >= 4 is 52.6 Å². The van der Waals surface area contributed by atoms with Gasteiger partial charge in [-0.25, -0.2) is 4.98 Å². The van der Waals surface area contributed by atoms with Gasteiger partial charge in [0.1, 0.15) is 5.82 Å². The van der Waals surface area contributed by atoms with Crippen LogP contribution in [0.15, 0.2) is 53.5 Å². The monoisotopic (exact) mass is 530 g/mol. The summed E-state index contributed by atoms with van der Waals surface area (Å²) in [6.07, 6.45) is 6.28. The van der Waals surface area contributed by atoms with Crippen molar-refractivity contribution in [2.75, 3.05) is 25.5 Å². The molecule has 0 aliphatic rings. The number of guanidine groups is 1. The van der Waals surface area contributed by atoms with Crippen molar-refractivity contribution in [3.8, 4) is 12.3 Å². The maximum atomic E-state index is 12.2. The Hall–Kier alpha value is -3.06. The first-order valence-electron chi connectivity index (χ1n) is 9.83. The van der Waals surface area contributed by atoms with E-state index in [4.69, 9.17) is 6.42 Å². The number of imidazole rings is 1. The van der Waals surface area contributed by atoms with Crippen LogP contribution < -0.4 is 16.0 Å². The molecule has 7 nitrogen and oxygen atoms in total. The van der Waals surface area contributed by atoms with Gasteiger partial charge in [-0.05, 0) is 43.7 Å². The Morgan fingerprint density at radius 1 is 1.19 bits per heavy atom. The maximum Gasteiger partial charge on any atom is 0.243 e. The molecular weight excluding hydrogens is 503 g/mol. The fraction of sp³-hybridized carbons (Fsp3) is 0.261. The minimum atomic E-state index is -0.173. The van der Waals surface area contributed by atoms with E-state index < -0.39 is 0 Å². The van der Waals surface area contributed by atoms with Gasteiger partial charge in [-0.1, -0.05) is 24.1 Å². The zero-order valence-corrected chi connectivity index (χ0v) is 20.0. The first-order chi connectivity index (χ1) is 14.6. The summed E-state index contributed by atoms with van der Waals surface area (Å²) in [5.74, 6) is 3.96. The molecule has 1 heterocycles. The van der Waals surface area contributed by atoms with E-state index in [1.54, 1.807) is 19.2 Å². The van der Waals surface area contributed by atoms with Crippen LogP contribution in [0.1, 0.15) is 17.8 Å². The number of nitrogens with one attached hydrogen (secondary N) is 3. The molecular formula is C23H27IN6O. The number of carbonyl (C=O) groups excluding carboxylic acids is 1. The standard InChI is InChI=1S/C23H26N6O.HI/c1-4-18-9-7-10-19(15-18)28-22(30)16-26-23(24-3)25-13-8-14-29-17(2)27-20-11-5-6-12-21(20)29;/h1,5-7,9-12,15H,8,13-14,16H2,2-3H3,(H,28,30)(H2,24,25,26);1H. The average Bonchev–Trinajstić information content (AvgIpc) is 3.08. The van der Waals surface area contributed by atoms with E-state index in [0.717, 1.165) is 41.9 Å². The quantitative estimate of drug-likeness (QED) is 0.144. The Labute approximate surface area is 199 Å². The highest BCUT2D eigenvalue weighted by Crippen LogP contribution is 2.15. The van der Waals surface area contributed by atoms with Gasteiger partial charge in [-0.3, -0.25) is 9.79 Å². The molecule has 3 N–H and O–H groups in total. The molecule has 8 heteroatoms. The van der Waals surface area contributed by atoms with E-state index in [9.17, 15) is 4.79 Å². The van der Waals surface area contributed by atoms with Crippen LogP contribution in [-0.2, 0) is 11.3 Å². The van der Waals surface area contributed by atoms with Crippen LogP contribution in [0.5, 0.6) is 0 Å². The van der Waals surface area contributed by atoms with Crippen molar-refractivity contribution in [2.24, 2.45) is 4.99 Å². The molecule has 0 aliphatic heterocycles. The summed E-state index contributed by atoms with van der Waals surface area (Å²) in [4.78, 5) is 20.9. The Morgan fingerprint density at radius 2 is 2.00 bits per heavy atom. The number of hydrogen-bond donors (Lipinski definition) is 3. The number of aliphatic imine (C=N–C) groups is 1. The van der Waals surface area contributed by atoms with Crippen LogP contribution in [0.2, 0.25) is 0 Å². The molecule has 2 aromatic carbocycles. The molecule has 0 unspecified atom stereocenters. The summed E-state index contributed by atoms with van der Waals surface area (Å²) >= 11 is 0. The molecule has 0 atom stereocenters. The number of amides is 1. The van der Waals surface area contributed by atoms with Crippen molar-refractivity contribution in [1.29, 1.82) is 0 Å². The number of halogens is 1. The summed E-state index contributed by atoms with van der Waals surface area (Å²) in [6, 6.07) is 15.3. The van der Waals surface area contributed by atoms with Gasteiger partial charge in [0.05, 0.1) is 17.6 Å². The van der Waals surface area contributed by atoms with E-state index in [-0.39, 0.29) is 36.4 Å². The second kappa shape index (κ2) is 12.0. The second-order valence-corrected chi connectivity index (χ2v) is 6.78. The summed E-state index contributed by atoms with van der Waals surface area (Å²) < 4.78 is 2.21. The summed E-state index contributed by atoms with van der Waals surface area (Å²) in [7, 11) is 1.68. The van der Waals surface area contributed by atoms with E-state index in [1.807, 2.05) is 37.3 Å². The second-order valence-electron chi connectivity index (χ2n) is 6.78. The molecule has 0 aliphatic carbocycles. The number of benzene rings is 2. The highest BCUT2D eigenvalue weighted by atomic mass is 127. The molecule has 0 saturated heterocycles. The van der Waals surface area contributed by atoms with Crippen molar-refractivity contribution in [2.45, 2.75) is 19.9 Å². The number of fused-ring (bicyclic) bond motifs is 1. The minimum absolute atomic E-state index is 0. The lowest BCUT2D eigenvalue weighted by atomic mass is 10.2. The molecule has 162 valence electrons. The first kappa shape index (κ1) is 24.2. The van der Waals surface area contributed by atoms with Crippen molar-refractivity contribution < 1.29 is 4.79 Å². The number of aryl methyl sites for hydroxylation is 2. The summed E-state index contributed by atoms with van der Waals surface area (Å²) in [5, 5.41) is 9.07. The molecule has 3 rings (SSSR count). The maximum absolute atomic E-state index is 12.2. The molecule has 0 radical (unpaired) electrons. The lowest BCUT2D eigenvalue weighted by Crippen LogP contribution is -2.41. The van der Waals surface area contributed by atoms with Crippen LogP contribution in [0.25, 0.3) is 11.0 Å². The number of hydrogen-bond acceptors (Lipinski definition) is 3. The van der Waals surface area contributed by atoms with Gasteiger partial charge in [0.15, 0.2) is 5.96 Å². The third-order valence-corrected chi connectivity index (χ3v) is 4.65. The molecule has 0 fully saturated rings. The van der Waals surface area contributed by atoms with E-state index in [2.05, 4.69) is 42.5 Å². The van der Waals surface area contributed by atoms with E-state index in [1.165, 1.54) is 0 Å². The zero-order valence-electron chi connectivity index (χ0n) is 17.7. The van der Waals surface area contributed by atoms with E-state index >= 15 is 0 Å². The van der Waals surface area contributed by atoms with Gasteiger partial charge in [0.2, 0.25) is 5.91 Å². The zero-order chi connectivity index (χ0) is 21.3. The Morgan fingerprint density at radius 3 is 2.77 bits per heavy atom. The van der Waals surface area contributed by atoms with Gasteiger partial charge in [-0.15, -0.1) is 30.4 Å². The van der Waals surface area contributed by atoms with Crippen molar-refractivity contribution in [3.05, 3.63) is 59.9 Å². The minimum Gasteiger partial charge on any atom is -0.356 e. The van der Waals surface area contributed by atoms with Crippen LogP contribution in [-0.4, -0.2) is 41.6 Å². The predicted octanol–water partition coefficient (Wildman–Crippen LogP) is 3.14. The fourth-order valence-corrected chi connectivity index (χ4v) is 3.20. The lowest BCUT2D eigenvalue weighted by Gasteiger charge is -2.13. The normalized spacial score (nSPS) is 10.8. The predicted molar refractivity (Wildman–Crippen MR) is 137 cm³/mol. The summed E-state index contributed by atoms with van der Waals surface area (Å²) in [6.45, 7) is 3.69. The van der Waals surface area contributed by atoms with Crippen molar-refractivity contribution in [1.82, 2.24) is 20.2 Å². The Kier molecular flexibility index (Phi) is 9.34. The third kappa shape index (κ3) is 6.72. The number of nitrogens with zero attached hydrogens (tertiary/aromatic N) is 3. The number of terminal acetylenes is 1. The molecule has 0 saturated carbocycles. The van der Waals surface area contributed by atoms with Crippen LogP contribution >= 0.6 is 24.0 Å². The van der Waals surface area contributed by atoms with Gasteiger partial charge < -0.3 is 20.5 Å². The summed E-state index contributed by atoms with van der Waals surface area (Å²) in [5.41, 5.74) is 3.55. The number of para-hydroxylation sites is 2. The Bertz CT molecular complexity index is 1100. The number of rotatable bonds is 7. The number of carbonyl (C=O) groups is 1. The molecule has 31 heavy (non-hydrogen) atoms. The highest BCUT2D eigenvalue weighted by Gasteiger charge is 2.07. The third-order valence-electron chi connectivity index (χ3n) is 4.65. The van der Waals surface area contributed by atoms with Crippen LogP contribution in [0, 0.1) is 19.3 Å². The van der Waals surface area contributed by atoms with Gasteiger partial charge in [-0.2, -0.15) is 0 Å². The molecule has 0 bridgehead atoms. The van der Waals surface area contributed by atoms with Gasteiger partial charge >= 0.3 is 0 Å². The molecule has 0 spiro atoms. The van der Waals surface area contributed by atoms with Gasteiger partial charge in [0.25, 0.3) is 0 Å². The van der Waals surface area contributed by atoms with Crippen molar-refractivity contribution in [3.63, 3.8) is 0 Å². The number of anilines is 1. The SMILES string of the molecule is C#Cc1cccc(NC(=O)CNC(=NC)NCCCn2c(C)nc3ccccc32)c1.I. The van der Waals surface area contributed by atoms with Gasteiger partial charge in [0, 0.05) is 31.4 Å². The topological polar surface area (TPSA) is 83.3 Å². The molecule has 1 aromatic heterocycles. The first-order valence-corrected chi connectivity index (χ1v) is 9.83. The number of aromatic nitrogens is 2. The highest BCUT2D eigenvalue weighted by molar-refractivity contribution is 14.0. The lowest BCUT2D eigenvalue weighted by molar-refractivity contribution is -0.115. The smallest absolute Gasteiger partial charge is 0.243 e. The fourth-order valence-electron chi connectivity index (χ4n) is 3.20. The largest absolute Gasteiger partial charge is 0.356 e. The molecule has 3 aromatic rings. The van der Waals surface area contributed by atoms with E-state index in [0.29, 0.717) is 11.6 Å². The Balaban J connectivity index is 0.00000341.